The van der Waals surface area contributed by atoms with Crippen LogP contribution < -0.4 is 0 Å². The summed E-state index contributed by atoms with van der Waals surface area (Å²) in [5.41, 5.74) is 1.07. The molecule has 0 aliphatic heterocycles. The van der Waals surface area contributed by atoms with E-state index in [0.717, 1.165) is 27.7 Å². The van der Waals surface area contributed by atoms with Gasteiger partial charge in [-0.2, -0.15) is 0 Å². The summed E-state index contributed by atoms with van der Waals surface area (Å²) in [6.07, 6.45) is 1.92. The van der Waals surface area contributed by atoms with Crippen molar-refractivity contribution in [3.05, 3.63) is 35.1 Å². The van der Waals surface area contributed by atoms with Crippen LogP contribution in [0, 0.1) is 12.3 Å². The fourth-order valence-electron chi connectivity index (χ4n) is 6.08. The summed E-state index contributed by atoms with van der Waals surface area (Å²) in [6.45, 7) is 10.6. The molecule has 2 aromatic rings. The van der Waals surface area contributed by atoms with Crippen molar-refractivity contribution < 1.29 is 28.6 Å². The summed E-state index contributed by atoms with van der Waals surface area (Å²) in [6, 6.07) is 3.94. The van der Waals surface area contributed by atoms with Crippen LogP contribution in [-0.4, -0.2) is 34.9 Å². The number of aliphatic hydroxyl groups is 1. The van der Waals surface area contributed by atoms with Gasteiger partial charge in [-0.1, -0.05) is 13.8 Å². The van der Waals surface area contributed by atoms with Crippen LogP contribution in [0.1, 0.15) is 64.2 Å². The van der Waals surface area contributed by atoms with Gasteiger partial charge >= 0.3 is 11.9 Å². The van der Waals surface area contributed by atoms with Crippen molar-refractivity contribution in [1.29, 1.82) is 0 Å². The van der Waals surface area contributed by atoms with E-state index in [1.54, 1.807) is 6.26 Å². The SMILES string of the molecule is CC(=O)O[C@H]1C[C@@H](OC(C)=O)C(C)(C)[C@]2(O)CCc3c(cc4occc4c3C)[C@@]12C. The van der Waals surface area contributed by atoms with E-state index in [9.17, 15) is 14.7 Å². The van der Waals surface area contributed by atoms with Gasteiger partial charge in [-0.25, -0.2) is 0 Å². The first-order valence-corrected chi connectivity index (χ1v) is 10.5. The molecule has 6 heteroatoms. The van der Waals surface area contributed by atoms with E-state index in [2.05, 4.69) is 6.92 Å². The van der Waals surface area contributed by atoms with Gasteiger partial charge in [0.05, 0.1) is 17.3 Å². The van der Waals surface area contributed by atoms with Crippen LogP contribution in [0.25, 0.3) is 11.0 Å². The van der Waals surface area contributed by atoms with E-state index in [4.69, 9.17) is 13.9 Å². The van der Waals surface area contributed by atoms with Crippen molar-refractivity contribution in [2.75, 3.05) is 0 Å². The Labute approximate surface area is 176 Å². The average Bonchev–Trinajstić information content (AvgIpc) is 3.11. The highest BCUT2D eigenvalue weighted by atomic mass is 16.6. The molecule has 0 unspecified atom stereocenters. The maximum absolute atomic E-state index is 12.3. The summed E-state index contributed by atoms with van der Waals surface area (Å²) in [7, 11) is 0. The number of carbonyl (C=O) groups is 2. The molecule has 2 aliphatic carbocycles. The molecule has 1 N–H and O–H groups in total. The fourth-order valence-corrected chi connectivity index (χ4v) is 6.08. The molecule has 1 aromatic heterocycles. The zero-order valence-corrected chi connectivity index (χ0v) is 18.5. The summed E-state index contributed by atoms with van der Waals surface area (Å²) in [5.74, 6) is -0.834. The van der Waals surface area contributed by atoms with Gasteiger partial charge in [0.1, 0.15) is 17.8 Å². The van der Waals surface area contributed by atoms with Crippen molar-refractivity contribution in [2.24, 2.45) is 5.41 Å². The second-order valence-electron chi connectivity index (χ2n) is 9.58. The van der Waals surface area contributed by atoms with Gasteiger partial charge < -0.3 is 19.0 Å². The average molecular weight is 414 g/mol. The third-order valence-electron chi connectivity index (χ3n) is 7.87. The number of benzene rings is 1. The zero-order chi connectivity index (χ0) is 22.1. The second kappa shape index (κ2) is 6.58. The molecule has 4 atom stereocenters. The standard InChI is InChI=1S/C24H30O6/c1-13-16-7-9-24(27)22(4,5)20(29-14(2)25)12-21(30-15(3)26)23(24,6)18(16)11-19-17(13)8-10-28-19/h8,10-11,20-21,27H,7,9,12H2,1-6H3/t20-,21+,23+,24-/m1/s1. The lowest BCUT2D eigenvalue weighted by Crippen LogP contribution is -2.73. The number of esters is 2. The van der Waals surface area contributed by atoms with E-state index in [1.165, 1.54) is 13.8 Å². The summed E-state index contributed by atoms with van der Waals surface area (Å²) < 4.78 is 17.1. The number of fused-ring (bicyclic) bond motifs is 4. The highest BCUT2D eigenvalue weighted by Gasteiger charge is 2.69. The monoisotopic (exact) mass is 414 g/mol. The maximum Gasteiger partial charge on any atom is 0.302 e. The predicted molar refractivity (Wildman–Crippen MR) is 111 cm³/mol. The molecular weight excluding hydrogens is 384 g/mol. The fraction of sp³-hybridized carbons (Fsp3) is 0.583. The first kappa shape index (κ1) is 20.9. The molecule has 162 valence electrons. The minimum Gasteiger partial charge on any atom is -0.464 e. The highest BCUT2D eigenvalue weighted by Crippen LogP contribution is 2.61. The van der Waals surface area contributed by atoms with Crippen LogP contribution in [0.4, 0.5) is 0 Å². The van der Waals surface area contributed by atoms with Gasteiger partial charge in [0.25, 0.3) is 0 Å². The smallest absolute Gasteiger partial charge is 0.302 e. The van der Waals surface area contributed by atoms with E-state index in [1.807, 2.05) is 32.9 Å². The molecule has 0 bridgehead atoms. The van der Waals surface area contributed by atoms with Gasteiger partial charge in [-0.3, -0.25) is 9.59 Å². The van der Waals surface area contributed by atoms with Gasteiger partial charge in [0.2, 0.25) is 0 Å². The molecule has 0 amide bonds. The first-order chi connectivity index (χ1) is 13.9. The topological polar surface area (TPSA) is 86.0 Å². The zero-order valence-electron chi connectivity index (χ0n) is 18.5. The van der Waals surface area contributed by atoms with Crippen LogP contribution in [0.15, 0.2) is 22.8 Å². The van der Waals surface area contributed by atoms with Crippen LogP contribution >= 0.6 is 0 Å². The third kappa shape index (κ3) is 2.59. The first-order valence-electron chi connectivity index (χ1n) is 10.5. The van der Waals surface area contributed by atoms with Crippen molar-refractivity contribution in [3.8, 4) is 0 Å². The van der Waals surface area contributed by atoms with Crippen LogP contribution in [-0.2, 0) is 30.9 Å². The Hall–Kier alpha value is -2.34. The van der Waals surface area contributed by atoms with Crippen molar-refractivity contribution in [2.45, 2.75) is 84.0 Å². The number of carbonyl (C=O) groups excluding carboxylic acids is 2. The number of furan rings is 1. The maximum atomic E-state index is 12.3. The summed E-state index contributed by atoms with van der Waals surface area (Å²) in [4.78, 5) is 23.9. The lowest BCUT2D eigenvalue weighted by molar-refractivity contribution is -0.247. The summed E-state index contributed by atoms with van der Waals surface area (Å²) in [5, 5.41) is 13.3. The Balaban J connectivity index is 1.98. The lowest BCUT2D eigenvalue weighted by Gasteiger charge is -2.64. The molecule has 1 saturated carbocycles. The highest BCUT2D eigenvalue weighted by molar-refractivity contribution is 5.84. The lowest BCUT2D eigenvalue weighted by atomic mass is 9.45. The van der Waals surface area contributed by atoms with Crippen molar-refractivity contribution >= 4 is 22.9 Å². The minimum absolute atomic E-state index is 0.319. The van der Waals surface area contributed by atoms with E-state index in [-0.39, 0.29) is 0 Å². The molecule has 30 heavy (non-hydrogen) atoms. The normalized spacial score (nSPS) is 32.2. The van der Waals surface area contributed by atoms with Crippen LogP contribution in [0.2, 0.25) is 0 Å². The number of ether oxygens (including phenoxy) is 2. The number of hydrogen-bond acceptors (Lipinski definition) is 6. The van der Waals surface area contributed by atoms with E-state index >= 15 is 0 Å². The van der Waals surface area contributed by atoms with Gasteiger partial charge in [-0.15, -0.1) is 0 Å². The summed E-state index contributed by atoms with van der Waals surface area (Å²) >= 11 is 0. The Morgan fingerprint density at radius 1 is 1.13 bits per heavy atom. The predicted octanol–water partition coefficient (Wildman–Crippen LogP) is 3.97. The van der Waals surface area contributed by atoms with Crippen LogP contribution in [0.5, 0.6) is 0 Å². The molecule has 1 heterocycles. The van der Waals surface area contributed by atoms with Crippen molar-refractivity contribution in [1.82, 2.24) is 0 Å². The number of rotatable bonds is 2. The molecule has 6 nitrogen and oxygen atoms in total. The molecule has 4 rings (SSSR count). The molecular formula is C24H30O6. The number of aryl methyl sites for hydroxylation is 1. The van der Waals surface area contributed by atoms with E-state index in [0.29, 0.717) is 19.3 Å². The molecule has 2 aliphatic rings. The largest absolute Gasteiger partial charge is 0.464 e. The van der Waals surface area contributed by atoms with Gasteiger partial charge in [0, 0.05) is 31.1 Å². The Morgan fingerprint density at radius 2 is 1.77 bits per heavy atom. The van der Waals surface area contributed by atoms with Gasteiger partial charge in [-0.05, 0) is 55.5 Å². The second-order valence-corrected chi connectivity index (χ2v) is 9.58. The molecule has 0 radical (unpaired) electrons. The van der Waals surface area contributed by atoms with Crippen LogP contribution in [0.3, 0.4) is 0 Å². The quantitative estimate of drug-likeness (QED) is 0.749. The molecule has 1 aromatic carbocycles. The van der Waals surface area contributed by atoms with Gasteiger partial charge in [0.15, 0.2) is 0 Å². The minimum atomic E-state index is -1.27. The molecule has 0 saturated heterocycles. The number of hydrogen-bond donors (Lipinski definition) is 1. The molecule has 0 spiro atoms. The van der Waals surface area contributed by atoms with E-state index < -0.39 is 40.6 Å². The Bertz CT molecular complexity index is 1030. The van der Waals surface area contributed by atoms with Crippen molar-refractivity contribution in [3.63, 3.8) is 0 Å². The Morgan fingerprint density at radius 3 is 2.40 bits per heavy atom. The third-order valence-corrected chi connectivity index (χ3v) is 7.87. The molecule has 1 fully saturated rings. The Kier molecular flexibility index (Phi) is 4.59.